The molecule has 0 aliphatic rings. The molecule has 1 heterocycles. The first-order chi connectivity index (χ1) is 6.06. The van der Waals surface area contributed by atoms with Crippen LogP contribution < -0.4 is 16.2 Å². The second-order valence-corrected chi connectivity index (χ2v) is 2.24. The number of primary amides is 2. The number of rotatable bonds is 3. The molecule has 0 aromatic carbocycles. The molecule has 0 bridgehead atoms. The number of ether oxygens (including phenoxy) is 1. The number of amides is 2. The third-order valence-electron chi connectivity index (χ3n) is 1.38. The second-order valence-electron chi connectivity index (χ2n) is 2.24. The van der Waals surface area contributed by atoms with Crippen LogP contribution in [0.25, 0.3) is 0 Å². The summed E-state index contributed by atoms with van der Waals surface area (Å²) in [4.78, 5) is 21.3. The van der Waals surface area contributed by atoms with Gasteiger partial charge in [-0.05, 0) is 0 Å². The Hall–Kier alpha value is -1.98. The Bertz CT molecular complexity index is 355. The molecule has 4 N–H and O–H groups in total. The van der Waals surface area contributed by atoms with E-state index in [2.05, 4.69) is 0 Å². The SMILES string of the molecule is COc1cc(C(N)=O)oc1C(N)=O. The van der Waals surface area contributed by atoms with Gasteiger partial charge in [0.25, 0.3) is 11.8 Å². The monoisotopic (exact) mass is 184 g/mol. The lowest BCUT2D eigenvalue weighted by molar-refractivity contribution is 0.0949. The van der Waals surface area contributed by atoms with Crippen molar-refractivity contribution in [2.75, 3.05) is 7.11 Å². The van der Waals surface area contributed by atoms with Gasteiger partial charge in [0, 0.05) is 6.07 Å². The van der Waals surface area contributed by atoms with Crippen molar-refractivity contribution >= 4 is 11.8 Å². The fourth-order valence-corrected chi connectivity index (χ4v) is 0.819. The molecule has 0 aliphatic carbocycles. The molecule has 1 rings (SSSR count). The van der Waals surface area contributed by atoms with Crippen molar-refractivity contribution in [3.8, 4) is 5.75 Å². The molecule has 2 amide bonds. The van der Waals surface area contributed by atoms with E-state index in [1.165, 1.54) is 13.2 Å². The quantitative estimate of drug-likeness (QED) is 0.658. The van der Waals surface area contributed by atoms with Crippen molar-refractivity contribution in [3.05, 3.63) is 17.6 Å². The van der Waals surface area contributed by atoms with Crippen molar-refractivity contribution in [1.82, 2.24) is 0 Å². The third-order valence-corrected chi connectivity index (χ3v) is 1.38. The van der Waals surface area contributed by atoms with E-state index in [1.54, 1.807) is 0 Å². The van der Waals surface area contributed by atoms with Gasteiger partial charge in [-0.2, -0.15) is 0 Å². The molecule has 0 fully saturated rings. The van der Waals surface area contributed by atoms with E-state index in [0.717, 1.165) is 0 Å². The molecule has 13 heavy (non-hydrogen) atoms. The Labute approximate surface area is 73.4 Å². The predicted molar refractivity (Wildman–Crippen MR) is 42.3 cm³/mol. The van der Waals surface area contributed by atoms with Crippen LogP contribution in [0.2, 0.25) is 0 Å². The lowest BCUT2D eigenvalue weighted by Crippen LogP contribution is -2.12. The van der Waals surface area contributed by atoms with E-state index in [9.17, 15) is 9.59 Å². The van der Waals surface area contributed by atoms with Gasteiger partial charge < -0.3 is 20.6 Å². The predicted octanol–water partition coefficient (Wildman–Crippen LogP) is -0.514. The molecule has 6 heteroatoms. The van der Waals surface area contributed by atoms with Crippen molar-refractivity contribution < 1.29 is 18.7 Å². The van der Waals surface area contributed by atoms with Gasteiger partial charge in [0.2, 0.25) is 5.76 Å². The summed E-state index contributed by atoms with van der Waals surface area (Å²) in [5.74, 6) is -1.88. The van der Waals surface area contributed by atoms with Crippen LogP contribution in [0.5, 0.6) is 5.75 Å². The maximum Gasteiger partial charge on any atom is 0.288 e. The van der Waals surface area contributed by atoms with Crippen molar-refractivity contribution in [3.63, 3.8) is 0 Å². The first-order valence-corrected chi connectivity index (χ1v) is 3.33. The van der Waals surface area contributed by atoms with Gasteiger partial charge in [0.1, 0.15) is 0 Å². The van der Waals surface area contributed by atoms with E-state index in [4.69, 9.17) is 20.6 Å². The zero-order chi connectivity index (χ0) is 10.0. The molecule has 0 spiro atoms. The van der Waals surface area contributed by atoms with Gasteiger partial charge in [-0.15, -0.1) is 0 Å². The number of carbonyl (C=O) groups excluding carboxylic acids is 2. The zero-order valence-electron chi connectivity index (χ0n) is 6.87. The summed E-state index contributed by atoms with van der Waals surface area (Å²) in [6.45, 7) is 0. The standard InChI is InChI=1S/C7H8N2O4/c1-12-3-2-4(6(8)10)13-5(3)7(9)11/h2H,1H3,(H2,8,10)(H2,9,11). The average molecular weight is 184 g/mol. The van der Waals surface area contributed by atoms with E-state index in [0.29, 0.717) is 0 Å². The highest BCUT2D eigenvalue weighted by molar-refractivity contribution is 5.96. The van der Waals surface area contributed by atoms with E-state index in [1.807, 2.05) is 0 Å². The number of methoxy groups -OCH3 is 1. The van der Waals surface area contributed by atoms with Crippen LogP contribution in [-0.2, 0) is 0 Å². The summed E-state index contributed by atoms with van der Waals surface area (Å²) in [5, 5.41) is 0. The van der Waals surface area contributed by atoms with Gasteiger partial charge in [0.15, 0.2) is 11.5 Å². The summed E-state index contributed by atoms with van der Waals surface area (Å²) >= 11 is 0. The molecule has 0 atom stereocenters. The maximum atomic E-state index is 10.7. The van der Waals surface area contributed by atoms with Gasteiger partial charge in [-0.25, -0.2) is 0 Å². The normalized spacial score (nSPS) is 9.62. The topological polar surface area (TPSA) is 109 Å². The number of furan rings is 1. The fourth-order valence-electron chi connectivity index (χ4n) is 0.819. The van der Waals surface area contributed by atoms with Crippen LogP contribution in [-0.4, -0.2) is 18.9 Å². The van der Waals surface area contributed by atoms with Gasteiger partial charge >= 0.3 is 0 Å². The number of hydrogen-bond acceptors (Lipinski definition) is 4. The van der Waals surface area contributed by atoms with Crippen LogP contribution in [0.15, 0.2) is 10.5 Å². The van der Waals surface area contributed by atoms with Gasteiger partial charge in [0.05, 0.1) is 7.11 Å². The van der Waals surface area contributed by atoms with Gasteiger partial charge in [-0.1, -0.05) is 0 Å². The molecule has 0 saturated carbocycles. The highest BCUT2D eigenvalue weighted by atomic mass is 16.5. The molecule has 0 aliphatic heterocycles. The van der Waals surface area contributed by atoms with Crippen molar-refractivity contribution in [2.24, 2.45) is 11.5 Å². The largest absolute Gasteiger partial charge is 0.492 e. The smallest absolute Gasteiger partial charge is 0.288 e. The zero-order valence-corrected chi connectivity index (χ0v) is 6.87. The Balaban J connectivity index is 3.19. The Morgan fingerprint density at radius 1 is 1.38 bits per heavy atom. The van der Waals surface area contributed by atoms with Crippen molar-refractivity contribution in [2.45, 2.75) is 0 Å². The molecule has 70 valence electrons. The average Bonchev–Trinajstić information content (AvgIpc) is 2.47. The first-order valence-electron chi connectivity index (χ1n) is 3.33. The Morgan fingerprint density at radius 3 is 2.31 bits per heavy atom. The van der Waals surface area contributed by atoms with Crippen LogP contribution in [0.1, 0.15) is 21.1 Å². The summed E-state index contributed by atoms with van der Waals surface area (Å²) in [5.41, 5.74) is 9.85. The minimum Gasteiger partial charge on any atom is -0.492 e. The van der Waals surface area contributed by atoms with Gasteiger partial charge in [-0.3, -0.25) is 9.59 Å². The van der Waals surface area contributed by atoms with Crippen molar-refractivity contribution in [1.29, 1.82) is 0 Å². The summed E-state index contributed by atoms with van der Waals surface area (Å²) in [6, 6.07) is 1.21. The molecule has 6 nitrogen and oxygen atoms in total. The fraction of sp³-hybridized carbons (Fsp3) is 0.143. The highest BCUT2D eigenvalue weighted by Crippen LogP contribution is 2.22. The second kappa shape index (κ2) is 3.18. The molecule has 0 radical (unpaired) electrons. The molecule has 0 saturated heterocycles. The first kappa shape index (κ1) is 9.11. The molecular formula is C7H8N2O4. The molecule has 0 unspecified atom stereocenters. The minimum absolute atomic E-state index is 0.0984. The van der Waals surface area contributed by atoms with E-state index >= 15 is 0 Å². The number of carbonyl (C=O) groups is 2. The number of nitrogens with two attached hydrogens (primary N) is 2. The molecule has 1 aromatic heterocycles. The Kier molecular flexibility index (Phi) is 2.23. The summed E-state index contributed by atoms with van der Waals surface area (Å²) in [6.07, 6.45) is 0. The van der Waals surface area contributed by atoms with Crippen LogP contribution in [0, 0.1) is 0 Å². The molecule has 1 aromatic rings. The third kappa shape index (κ3) is 1.61. The summed E-state index contributed by atoms with van der Waals surface area (Å²) < 4.78 is 9.49. The maximum absolute atomic E-state index is 10.7. The number of hydrogen-bond donors (Lipinski definition) is 2. The van der Waals surface area contributed by atoms with Crippen LogP contribution >= 0.6 is 0 Å². The van der Waals surface area contributed by atoms with Crippen LogP contribution in [0.4, 0.5) is 0 Å². The lowest BCUT2D eigenvalue weighted by Gasteiger charge is -1.93. The molecular weight excluding hydrogens is 176 g/mol. The van der Waals surface area contributed by atoms with E-state index in [-0.39, 0.29) is 17.3 Å². The van der Waals surface area contributed by atoms with Crippen LogP contribution in [0.3, 0.4) is 0 Å². The Morgan fingerprint density at radius 2 is 2.00 bits per heavy atom. The highest BCUT2D eigenvalue weighted by Gasteiger charge is 2.18. The van der Waals surface area contributed by atoms with E-state index < -0.39 is 11.8 Å². The summed E-state index contributed by atoms with van der Waals surface area (Å²) in [7, 11) is 1.32. The minimum atomic E-state index is -0.815. The lowest BCUT2D eigenvalue weighted by atomic mass is 10.3.